The number of carbonyl (C=O) groups excluding carboxylic acids is 1. The third-order valence-electron chi connectivity index (χ3n) is 4.52. The Morgan fingerprint density at radius 3 is 2.71 bits per heavy atom. The molecule has 0 saturated heterocycles. The summed E-state index contributed by atoms with van der Waals surface area (Å²) in [4.78, 5) is 17.4. The van der Waals surface area contributed by atoms with Crippen LogP contribution in [-0.4, -0.2) is 42.7 Å². The van der Waals surface area contributed by atoms with E-state index in [1.54, 1.807) is 17.9 Å². The highest BCUT2D eigenvalue weighted by atomic mass is 35.5. The van der Waals surface area contributed by atoms with Crippen LogP contribution >= 0.6 is 23.5 Å². The molecule has 164 valence electrons. The zero-order chi connectivity index (χ0) is 22.3. The zero-order valence-electron chi connectivity index (χ0n) is 16.2. The minimum absolute atomic E-state index is 0.0456. The van der Waals surface area contributed by atoms with Crippen molar-refractivity contribution < 1.29 is 22.7 Å². The SMILES string of the molecule is Cc1nn(C)cc1SNC(=O)c1ccc(-n2ccc(O[C@H]3C[C@H]3C(F)(F)F)n2)nc1Cl. The summed E-state index contributed by atoms with van der Waals surface area (Å²) >= 11 is 7.28. The molecule has 0 bridgehead atoms. The molecule has 3 aromatic rings. The van der Waals surface area contributed by atoms with Crippen molar-refractivity contribution in [2.24, 2.45) is 13.0 Å². The average Bonchev–Trinajstić information content (AvgIpc) is 3.19. The average molecular weight is 473 g/mol. The number of aromatic nitrogens is 5. The molecule has 3 heterocycles. The van der Waals surface area contributed by atoms with E-state index in [9.17, 15) is 18.0 Å². The van der Waals surface area contributed by atoms with Crippen molar-refractivity contribution in [3.63, 3.8) is 0 Å². The summed E-state index contributed by atoms with van der Waals surface area (Å²) < 4.78 is 48.7. The van der Waals surface area contributed by atoms with Gasteiger partial charge in [-0.3, -0.25) is 14.2 Å². The van der Waals surface area contributed by atoms with E-state index in [4.69, 9.17) is 16.3 Å². The maximum absolute atomic E-state index is 12.6. The Hall–Kier alpha value is -2.73. The van der Waals surface area contributed by atoms with Crippen LogP contribution in [0.4, 0.5) is 13.2 Å². The second-order valence-corrected chi connectivity index (χ2v) is 8.14. The van der Waals surface area contributed by atoms with Gasteiger partial charge in [0.1, 0.15) is 11.3 Å². The van der Waals surface area contributed by atoms with E-state index in [0.29, 0.717) is 0 Å². The fraction of sp³-hybridized carbons (Fsp3) is 0.333. The molecule has 0 aliphatic heterocycles. The van der Waals surface area contributed by atoms with Crippen LogP contribution in [0.2, 0.25) is 5.15 Å². The minimum Gasteiger partial charge on any atom is -0.473 e. The van der Waals surface area contributed by atoms with Gasteiger partial charge in [-0.25, -0.2) is 9.67 Å². The second-order valence-electron chi connectivity index (χ2n) is 6.93. The van der Waals surface area contributed by atoms with Crippen molar-refractivity contribution in [1.29, 1.82) is 0 Å². The number of hydrogen-bond donors (Lipinski definition) is 1. The van der Waals surface area contributed by atoms with Gasteiger partial charge in [0.25, 0.3) is 5.91 Å². The molecule has 1 aliphatic rings. The maximum atomic E-state index is 12.6. The number of carbonyl (C=O) groups is 1. The number of rotatable bonds is 6. The van der Waals surface area contributed by atoms with E-state index in [-0.39, 0.29) is 28.8 Å². The third-order valence-corrected chi connectivity index (χ3v) is 5.72. The molecule has 2 atom stereocenters. The Labute approximate surface area is 183 Å². The van der Waals surface area contributed by atoms with Crippen molar-refractivity contribution in [2.75, 3.05) is 0 Å². The van der Waals surface area contributed by atoms with Crippen molar-refractivity contribution in [3.05, 3.63) is 47.0 Å². The molecular formula is C18H16ClF3N6O2S. The largest absolute Gasteiger partial charge is 0.473 e. The molecule has 1 amide bonds. The van der Waals surface area contributed by atoms with E-state index in [0.717, 1.165) is 22.5 Å². The standard InChI is InChI=1S/C18H16ClF3N6O2S/c1-9-13(8-27(2)24-9)31-26-17(29)10-3-4-14(23-16(10)19)28-6-5-15(25-28)30-12-7-11(12)18(20,21)22/h3-6,8,11-12H,7H2,1-2H3,(H,26,29)/t11-,12+/m1/s1. The Bertz CT molecular complexity index is 1130. The second kappa shape index (κ2) is 8.08. The summed E-state index contributed by atoms with van der Waals surface area (Å²) in [5.74, 6) is -1.56. The molecular weight excluding hydrogens is 457 g/mol. The number of ether oxygens (including phenoxy) is 1. The van der Waals surface area contributed by atoms with Crippen LogP contribution in [0.25, 0.3) is 5.82 Å². The lowest BCUT2D eigenvalue weighted by molar-refractivity contribution is -0.153. The topological polar surface area (TPSA) is 86.9 Å². The van der Waals surface area contributed by atoms with Crippen molar-refractivity contribution in [3.8, 4) is 11.7 Å². The van der Waals surface area contributed by atoms with Crippen molar-refractivity contribution in [2.45, 2.75) is 30.5 Å². The molecule has 1 fully saturated rings. The summed E-state index contributed by atoms with van der Waals surface area (Å²) in [6.45, 7) is 1.83. The molecule has 1 N–H and O–H groups in total. The van der Waals surface area contributed by atoms with Crippen LogP contribution in [0.3, 0.4) is 0 Å². The molecule has 1 aliphatic carbocycles. The van der Waals surface area contributed by atoms with Crippen LogP contribution in [-0.2, 0) is 7.05 Å². The number of nitrogens with one attached hydrogen (secondary N) is 1. The van der Waals surface area contributed by atoms with Crippen LogP contribution in [0, 0.1) is 12.8 Å². The number of aryl methyl sites for hydroxylation is 2. The van der Waals surface area contributed by atoms with E-state index in [1.807, 2.05) is 6.92 Å². The molecule has 0 unspecified atom stereocenters. The fourth-order valence-electron chi connectivity index (χ4n) is 2.86. The van der Waals surface area contributed by atoms with E-state index in [2.05, 4.69) is 19.9 Å². The summed E-state index contributed by atoms with van der Waals surface area (Å²) in [6.07, 6.45) is -2.01. The van der Waals surface area contributed by atoms with Crippen LogP contribution in [0.15, 0.2) is 35.5 Å². The van der Waals surface area contributed by atoms with Crippen LogP contribution < -0.4 is 9.46 Å². The first-order valence-electron chi connectivity index (χ1n) is 9.05. The number of hydrogen-bond acceptors (Lipinski definition) is 6. The molecule has 4 rings (SSSR count). The Morgan fingerprint density at radius 1 is 1.32 bits per heavy atom. The van der Waals surface area contributed by atoms with Gasteiger partial charge in [0.15, 0.2) is 5.82 Å². The van der Waals surface area contributed by atoms with Crippen molar-refractivity contribution >= 4 is 29.5 Å². The van der Waals surface area contributed by atoms with Gasteiger partial charge >= 0.3 is 6.18 Å². The summed E-state index contributed by atoms with van der Waals surface area (Å²) in [6, 6.07) is 4.45. The highest BCUT2D eigenvalue weighted by Crippen LogP contribution is 2.46. The van der Waals surface area contributed by atoms with Gasteiger partial charge in [-0.05, 0) is 37.4 Å². The van der Waals surface area contributed by atoms with E-state index < -0.39 is 24.1 Å². The monoisotopic (exact) mass is 472 g/mol. The predicted molar refractivity (Wildman–Crippen MR) is 106 cm³/mol. The van der Waals surface area contributed by atoms with Crippen LogP contribution in [0.1, 0.15) is 22.5 Å². The van der Waals surface area contributed by atoms with Gasteiger partial charge in [0, 0.05) is 25.5 Å². The Kier molecular flexibility index (Phi) is 5.60. The number of pyridine rings is 1. The van der Waals surface area contributed by atoms with Crippen LogP contribution in [0.5, 0.6) is 5.88 Å². The first-order chi connectivity index (χ1) is 14.6. The molecule has 3 aromatic heterocycles. The van der Waals surface area contributed by atoms with E-state index >= 15 is 0 Å². The highest BCUT2D eigenvalue weighted by molar-refractivity contribution is 7.98. The fourth-order valence-corrected chi connectivity index (χ4v) is 3.80. The molecule has 8 nitrogen and oxygen atoms in total. The van der Waals surface area contributed by atoms with Gasteiger partial charge in [0.2, 0.25) is 5.88 Å². The summed E-state index contributed by atoms with van der Waals surface area (Å²) in [5, 5.41) is 8.22. The minimum atomic E-state index is -4.27. The number of amides is 1. The first-order valence-corrected chi connectivity index (χ1v) is 10.2. The highest BCUT2D eigenvalue weighted by Gasteiger charge is 2.57. The summed E-state index contributed by atoms with van der Waals surface area (Å²) in [7, 11) is 1.78. The molecule has 31 heavy (non-hydrogen) atoms. The Morgan fingerprint density at radius 2 is 2.10 bits per heavy atom. The summed E-state index contributed by atoms with van der Waals surface area (Å²) in [5.41, 5.74) is 0.936. The van der Waals surface area contributed by atoms with Gasteiger partial charge < -0.3 is 4.74 Å². The maximum Gasteiger partial charge on any atom is 0.395 e. The third kappa shape index (κ3) is 4.79. The lowest BCUT2D eigenvalue weighted by Gasteiger charge is -2.07. The number of alkyl halides is 3. The van der Waals surface area contributed by atoms with Gasteiger partial charge in [-0.2, -0.15) is 18.3 Å². The quantitative estimate of drug-likeness (QED) is 0.434. The molecule has 13 heteroatoms. The normalized spacial score (nSPS) is 18.1. The molecule has 0 radical (unpaired) electrons. The molecule has 0 spiro atoms. The number of halogens is 4. The van der Waals surface area contributed by atoms with Gasteiger partial charge in [-0.1, -0.05) is 11.6 Å². The smallest absolute Gasteiger partial charge is 0.395 e. The zero-order valence-corrected chi connectivity index (χ0v) is 17.8. The molecule has 1 saturated carbocycles. The van der Waals surface area contributed by atoms with Gasteiger partial charge in [-0.15, -0.1) is 5.10 Å². The first kappa shape index (κ1) is 21.5. The lowest BCUT2D eigenvalue weighted by atomic mass is 10.3. The number of nitrogens with zero attached hydrogens (tertiary/aromatic N) is 5. The Balaban J connectivity index is 1.40. The molecule has 0 aromatic carbocycles. The van der Waals surface area contributed by atoms with Gasteiger partial charge in [0.05, 0.1) is 22.1 Å². The van der Waals surface area contributed by atoms with E-state index in [1.165, 1.54) is 29.1 Å². The predicted octanol–water partition coefficient (Wildman–Crippen LogP) is 3.73. The van der Waals surface area contributed by atoms with Crippen molar-refractivity contribution in [1.82, 2.24) is 29.3 Å². The lowest BCUT2D eigenvalue weighted by Crippen LogP contribution is -2.17.